The number of nitrogens with one attached hydrogen (secondary N) is 1. The Balaban J connectivity index is 2.39. The van der Waals surface area contributed by atoms with Crippen LogP contribution in [0.2, 0.25) is 19.6 Å². The molecule has 92 valence electrons. The Labute approximate surface area is 101 Å². The van der Waals surface area contributed by atoms with Crippen LogP contribution < -0.4 is 5.32 Å². The number of carbonyl (C=O) groups is 1. The zero-order chi connectivity index (χ0) is 12.2. The molecule has 1 amide bonds. The average molecular weight is 239 g/mol. The predicted octanol–water partition coefficient (Wildman–Crippen LogP) is 3.26. The Bertz CT molecular complexity index is 278. The van der Waals surface area contributed by atoms with Crippen molar-refractivity contribution in [2.45, 2.75) is 64.3 Å². The summed E-state index contributed by atoms with van der Waals surface area (Å²) in [5.74, 6) is 0.169. The lowest BCUT2D eigenvalue weighted by Gasteiger charge is -2.39. The number of rotatable bonds is 6. The van der Waals surface area contributed by atoms with Gasteiger partial charge in [0.15, 0.2) is 0 Å². The van der Waals surface area contributed by atoms with Crippen molar-refractivity contribution in [3.05, 3.63) is 11.6 Å². The van der Waals surface area contributed by atoms with Gasteiger partial charge in [-0.3, -0.25) is 4.79 Å². The molecule has 3 heteroatoms. The molecule has 1 saturated heterocycles. The van der Waals surface area contributed by atoms with Crippen molar-refractivity contribution in [3.63, 3.8) is 0 Å². The maximum atomic E-state index is 11.5. The smallest absolute Gasteiger partial charge is 0.248 e. The SMILES string of the molecule is CCCCCC/C=C1/C(=O)NC1[Si](C)(C)C. The molecule has 1 rings (SSSR count). The fourth-order valence-corrected chi connectivity index (χ4v) is 3.81. The first-order chi connectivity index (χ1) is 7.46. The molecule has 1 N–H and O–H groups in total. The second-order valence-electron chi connectivity index (χ2n) is 5.78. The Morgan fingerprint density at radius 1 is 1.25 bits per heavy atom. The monoisotopic (exact) mass is 239 g/mol. The van der Waals surface area contributed by atoms with E-state index in [1.54, 1.807) is 0 Å². The molecule has 2 nitrogen and oxygen atoms in total. The second-order valence-corrected chi connectivity index (χ2v) is 11.1. The van der Waals surface area contributed by atoms with E-state index in [2.05, 4.69) is 38.0 Å². The summed E-state index contributed by atoms with van der Waals surface area (Å²) in [7, 11) is -1.25. The van der Waals surface area contributed by atoms with Crippen molar-refractivity contribution in [3.8, 4) is 0 Å². The van der Waals surface area contributed by atoms with Crippen LogP contribution in [0.3, 0.4) is 0 Å². The fraction of sp³-hybridized carbons (Fsp3) is 0.769. The standard InChI is InChI=1S/C13H25NOSi/c1-5-6-7-8-9-10-11-12(15)14-13(11)16(2,3)4/h10,13H,5-9H2,1-4H3,(H,14,15)/b11-10-. The third-order valence-corrected chi connectivity index (χ3v) is 5.32. The summed E-state index contributed by atoms with van der Waals surface area (Å²) in [6.45, 7) is 9.14. The van der Waals surface area contributed by atoms with Crippen LogP contribution in [-0.4, -0.2) is 19.6 Å². The largest absolute Gasteiger partial charge is 0.348 e. The third-order valence-electron chi connectivity index (χ3n) is 3.14. The van der Waals surface area contributed by atoms with Crippen molar-refractivity contribution < 1.29 is 4.79 Å². The molecule has 0 aromatic carbocycles. The van der Waals surface area contributed by atoms with Crippen LogP contribution in [0.1, 0.15) is 39.0 Å². The van der Waals surface area contributed by atoms with Gasteiger partial charge in [0, 0.05) is 5.57 Å². The summed E-state index contributed by atoms with van der Waals surface area (Å²) in [6, 6.07) is 0. The molecule has 0 radical (unpaired) electrons. The van der Waals surface area contributed by atoms with E-state index in [1.165, 1.54) is 25.7 Å². The maximum Gasteiger partial charge on any atom is 0.248 e. The van der Waals surface area contributed by atoms with Crippen LogP contribution in [0.25, 0.3) is 0 Å². The van der Waals surface area contributed by atoms with E-state index in [1.807, 2.05) is 0 Å². The Morgan fingerprint density at radius 3 is 2.44 bits per heavy atom. The average Bonchev–Trinajstić information content (AvgIpc) is 2.18. The van der Waals surface area contributed by atoms with E-state index in [4.69, 9.17) is 0 Å². The first-order valence-electron chi connectivity index (χ1n) is 6.47. The van der Waals surface area contributed by atoms with Crippen molar-refractivity contribution in [1.82, 2.24) is 5.32 Å². The van der Waals surface area contributed by atoms with E-state index in [0.717, 1.165) is 12.0 Å². The van der Waals surface area contributed by atoms with Crippen molar-refractivity contribution in [1.29, 1.82) is 0 Å². The van der Waals surface area contributed by atoms with Gasteiger partial charge in [0.1, 0.15) is 0 Å². The lowest BCUT2D eigenvalue weighted by molar-refractivity contribution is -0.121. The van der Waals surface area contributed by atoms with E-state index in [9.17, 15) is 4.79 Å². The molecule has 0 aromatic heterocycles. The van der Waals surface area contributed by atoms with Crippen molar-refractivity contribution in [2.75, 3.05) is 0 Å². The molecule has 1 atom stereocenters. The molecular weight excluding hydrogens is 214 g/mol. The number of amides is 1. The predicted molar refractivity (Wildman–Crippen MR) is 72.1 cm³/mol. The molecule has 1 unspecified atom stereocenters. The molecule has 1 aliphatic rings. The highest BCUT2D eigenvalue weighted by atomic mass is 28.3. The van der Waals surface area contributed by atoms with Gasteiger partial charge in [0.25, 0.3) is 0 Å². The topological polar surface area (TPSA) is 29.1 Å². The molecule has 0 aromatic rings. The van der Waals surface area contributed by atoms with E-state index in [-0.39, 0.29) is 5.91 Å². The lowest BCUT2D eigenvalue weighted by atomic mass is 10.1. The fourth-order valence-electron chi connectivity index (χ4n) is 2.07. The van der Waals surface area contributed by atoms with Crippen molar-refractivity contribution in [2.24, 2.45) is 0 Å². The van der Waals surface area contributed by atoms with Gasteiger partial charge in [-0.2, -0.15) is 0 Å². The molecule has 0 bridgehead atoms. The summed E-state index contributed by atoms with van der Waals surface area (Å²) in [5.41, 5.74) is 1.46. The summed E-state index contributed by atoms with van der Waals surface area (Å²) in [4.78, 5) is 11.5. The van der Waals surface area contributed by atoms with Gasteiger partial charge in [0.05, 0.1) is 13.7 Å². The maximum absolute atomic E-state index is 11.5. The van der Waals surface area contributed by atoms with Crippen LogP contribution in [-0.2, 0) is 4.79 Å². The molecule has 1 fully saturated rings. The minimum absolute atomic E-state index is 0.169. The molecule has 1 heterocycles. The number of hydrogen-bond donors (Lipinski definition) is 1. The highest BCUT2D eigenvalue weighted by molar-refractivity contribution is 6.79. The first-order valence-corrected chi connectivity index (χ1v) is 10.1. The Hall–Kier alpha value is -0.573. The van der Waals surface area contributed by atoms with Crippen molar-refractivity contribution >= 4 is 14.0 Å². The molecule has 0 aliphatic carbocycles. The van der Waals surface area contributed by atoms with Gasteiger partial charge in [-0.25, -0.2) is 0 Å². The first kappa shape index (κ1) is 13.5. The minimum Gasteiger partial charge on any atom is -0.348 e. The molecule has 1 aliphatic heterocycles. The summed E-state index contributed by atoms with van der Waals surface area (Å²) < 4.78 is 0. The second kappa shape index (κ2) is 5.67. The van der Waals surface area contributed by atoms with Gasteiger partial charge in [-0.15, -0.1) is 0 Å². The number of carbonyl (C=O) groups excluding carboxylic acids is 1. The third kappa shape index (κ3) is 3.48. The van der Waals surface area contributed by atoms with Crippen LogP contribution >= 0.6 is 0 Å². The van der Waals surface area contributed by atoms with Gasteiger partial charge in [-0.1, -0.05) is 51.9 Å². The molecular formula is C13H25NOSi. The quantitative estimate of drug-likeness (QED) is 0.328. The Kier molecular flexibility index (Phi) is 4.78. The number of allylic oxidation sites excluding steroid dienone is 1. The van der Waals surface area contributed by atoms with Gasteiger partial charge in [0.2, 0.25) is 5.91 Å². The van der Waals surface area contributed by atoms with Gasteiger partial charge >= 0.3 is 0 Å². The summed E-state index contributed by atoms with van der Waals surface area (Å²) in [6.07, 6.45) is 8.35. The highest BCUT2D eigenvalue weighted by Gasteiger charge is 2.41. The lowest BCUT2D eigenvalue weighted by Crippen LogP contribution is -2.63. The summed E-state index contributed by atoms with van der Waals surface area (Å²) in [5, 5.41) is 3.04. The van der Waals surface area contributed by atoms with Crippen LogP contribution in [0, 0.1) is 0 Å². The summed E-state index contributed by atoms with van der Waals surface area (Å²) >= 11 is 0. The Morgan fingerprint density at radius 2 is 1.94 bits per heavy atom. The van der Waals surface area contributed by atoms with Gasteiger partial charge in [-0.05, 0) is 12.8 Å². The van der Waals surface area contributed by atoms with E-state index in [0.29, 0.717) is 5.67 Å². The molecule has 0 saturated carbocycles. The minimum atomic E-state index is -1.25. The normalized spacial score (nSPS) is 23.1. The van der Waals surface area contributed by atoms with Gasteiger partial charge < -0.3 is 5.32 Å². The van der Waals surface area contributed by atoms with Crippen LogP contribution in [0.4, 0.5) is 0 Å². The zero-order valence-electron chi connectivity index (χ0n) is 11.1. The number of hydrogen-bond acceptors (Lipinski definition) is 1. The molecule has 16 heavy (non-hydrogen) atoms. The van der Waals surface area contributed by atoms with Crippen LogP contribution in [0.15, 0.2) is 11.6 Å². The van der Waals surface area contributed by atoms with E-state index >= 15 is 0 Å². The number of β-lactam (4-membered cyclic amide) rings is 1. The van der Waals surface area contributed by atoms with Crippen LogP contribution in [0.5, 0.6) is 0 Å². The number of unbranched alkanes of at least 4 members (excludes halogenated alkanes) is 4. The zero-order valence-corrected chi connectivity index (χ0v) is 12.1. The molecule has 0 spiro atoms. The highest BCUT2D eigenvalue weighted by Crippen LogP contribution is 2.24. The van der Waals surface area contributed by atoms with E-state index < -0.39 is 8.07 Å².